The second-order valence-electron chi connectivity index (χ2n) is 8.69. The number of rotatable bonds is 5. The van der Waals surface area contributed by atoms with Crippen LogP contribution in [0.15, 0.2) is 36.7 Å². The van der Waals surface area contributed by atoms with E-state index >= 15 is 0 Å². The highest BCUT2D eigenvalue weighted by atomic mass is 19.4. The van der Waals surface area contributed by atoms with E-state index < -0.39 is 17.4 Å². The Morgan fingerprint density at radius 2 is 2.06 bits per heavy atom. The number of aromatic nitrogens is 5. The molecule has 1 aromatic carbocycles. The number of hydrogen-bond acceptors (Lipinski definition) is 7. The fourth-order valence-electron chi connectivity index (χ4n) is 3.76. The van der Waals surface area contributed by atoms with E-state index in [1.54, 1.807) is 23.2 Å². The predicted octanol–water partition coefficient (Wildman–Crippen LogP) is 3.44. The first kappa shape index (κ1) is 23.6. The summed E-state index contributed by atoms with van der Waals surface area (Å²) >= 11 is 0. The van der Waals surface area contributed by atoms with Crippen LogP contribution >= 0.6 is 0 Å². The lowest BCUT2D eigenvalue weighted by molar-refractivity contribution is -0.147. The molecule has 1 N–H and O–H groups in total. The molecule has 1 fully saturated rings. The molecule has 3 heterocycles. The van der Waals surface area contributed by atoms with E-state index in [9.17, 15) is 18.0 Å². The van der Waals surface area contributed by atoms with Crippen molar-refractivity contribution in [3.8, 4) is 11.3 Å². The maximum absolute atomic E-state index is 12.9. The minimum absolute atomic E-state index is 0.0332. The van der Waals surface area contributed by atoms with Gasteiger partial charge in [-0.1, -0.05) is 5.21 Å². The number of carbonyl (C=O) groups excluding carboxylic acids is 1. The molecule has 2 aromatic heterocycles. The van der Waals surface area contributed by atoms with Gasteiger partial charge in [-0.3, -0.25) is 4.79 Å². The average molecular weight is 475 g/mol. The van der Waals surface area contributed by atoms with Crippen molar-refractivity contribution in [2.45, 2.75) is 39.0 Å². The number of morpholine rings is 1. The van der Waals surface area contributed by atoms with Gasteiger partial charge in [0.05, 0.1) is 24.9 Å². The van der Waals surface area contributed by atoms with E-state index in [2.05, 4.69) is 25.6 Å². The van der Waals surface area contributed by atoms with E-state index in [4.69, 9.17) is 4.74 Å². The molecule has 0 saturated carbocycles. The minimum atomic E-state index is -4.57. The van der Waals surface area contributed by atoms with Crippen LogP contribution in [-0.4, -0.2) is 61.1 Å². The Kier molecular flexibility index (Phi) is 6.26. The van der Waals surface area contributed by atoms with Crippen LogP contribution in [0.1, 0.15) is 25.1 Å². The number of nitrogens with one attached hydrogen (secondary N) is 1. The lowest BCUT2D eigenvalue weighted by atomic mass is 10.0. The molecule has 3 aromatic rings. The van der Waals surface area contributed by atoms with Crippen molar-refractivity contribution in [2.24, 2.45) is 0 Å². The smallest absolute Gasteiger partial charge is 0.377 e. The lowest BCUT2D eigenvalue weighted by Gasteiger charge is -2.42. The number of alkyl halides is 3. The molecule has 0 radical (unpaired) electrons. The molecule has 0 bridgehead atoms. The standard InChI is InChI=1S/C22H24F3N7O2/c1-14-8-15(10-16(9-14)27-20-26-5-4-18(28-20)22(23,24)25)17-11-31(30-29-17)12-19(33)32-6-7-34-13-21(32,2)3/h4-5,8-11H,6-7,12-13H2,1-3H3,(H,26,27,28). The monoisotopic (exact) mass is 475 g/mol. The Labute approximate surface area is 194 Å². The van der Waals surface area contributed by atoms with Crippen LogP contribution in [0.5, 0.6) is 0 Å². The van der Waals surface area contributed by atoms with Crippen LogP contribution in [0.3, 0.4) is 0 Å². The number of hydrogen-bond donors (Lipinski definition) is 1. The molecule has 0 unspecified atom stereocenters. The van der Waals surface area contributed by atoms with Gasteiger partial charge in [0, 0.05) is 24.0 Å². The number of amides is 1. The van der Waals surface area contributed by atoms with Crippen LogP contribution in [0.25, 0.3) is 11.3 Å². The van der Waals surface area contributed by atoms with Gasteiger partial charge in [-0.15, -0.1) is 5.10 Å². The van der Waals surface area contributed by atoms with Gasteiger partial charge in [-0.05, 0) is 50.6 Å². The molecule has 34 heavy (non-hydrogen) atoms. The molecule has 1 aliphatic rings. The van der Waals surface area contributed by atoms with Gasteiger partial charge >= 0.3 is 6.18 Å². The van der Waals surface area contributed by atoms with E-state index in [0.29, 0.717) is 36.7 Å². The van der Waals surface area contributed by atoms with Gasteiger partial charge in [0.2, 0.25) is 11.9 Å². The summed E-state index contributed by atoms with van der Waals surface area (Å²) in [7, 11) is 0. The van der Waals surface area contributed by atoms with Crippen molar-refractivity contribution in [2.75, 3.05) is 25.1 Å². The Hall–Kier alpha value is -3.54. The highest BCUT2D eigenvalue weighted by Gasteiger charge is 2.34. The molecule has 4 rings (SSSR count). The maximum Gasteiger partial charge on any atom is 0.433 e. The number of ether oxygens (including phenoxy) is 1. The molecule has 0 atom stereocenters. The van der Waals surface area contributed by atoms with Crippen molar-refractivity contribution >= 4 is 17.5 Å². The second-order valence-corrected chi connectivity index (χ2v) is 8.69. The second kappa shape index (κ2) is 9.01. The summed E-state index contributed by atoms with van der Waals surface area (Å²) in [5, 5.41) is 11.0. The molecular weight excluding hydrogens is 451 g/mol. The first-order valence-electron chi connectivity index (χ1n) is 10.6. The van der Waals surface area contributed by atoms with E-state index in [-0.39, 0.29) is 18.4 Å². The fourth-order valence-corrected chi connectivity index (χ4v) is 3.76. The van der Waals surface area contributed by atoms with Gasteiger partial charge < -0.3 is 15.0 Å². The topological polar surface area (TPSA) is 98.1 Å². The molecule has 9 nitrogen and oxygen atoms in total. The van der Waals surface area contributed by atoms with E-state index in [1.165, 1.54) is 4.68 Å². The summed E-state index contributed by atoms with van der Waals surface area (Å²) in [5.41, 5.74) is 1.10. The summed E-state index contributed by atoms with van der Waals surface area (Å²) in [5.74, 6) is -0.258. The number of anilines is 2. The molecule has 180 valence electrons. The molecule has 1 aliphatic heterocycles. The fraction of sp³-hybridized carbons (Fsp3) is 0.409. The Morgan fingerprint density at radius 1 is 1.26 bits per heavy atom. The first-order valence-corrected chi connectivity index (χ1v) is 10.6. The van der Waals surface area contributed by atoms with Crippen LogP contribution in [-0.2, 0) is 22.3 Å². The molecule has 0 spiro atoms. The van der Waals surface area contributed by atoms with Gasteiger partial charge in [-0.25, -0.2) is 14.6 Å². The summed E-state index contributed by atoms with van der Waals surface area (Å²) in [6, 6.07) is 6.13. The van der Waals surface area contributed by atoms with Crippen molar-refractivity contribution in [3.63, 3.8) is 0 Å². The Morgan fingerprint density at radius 3 is 2.79 bits per heavy atom. The third kappa shape index (κ3) is 5.33. The van der Waals surface area contributed by atoms with Gasteiger partial charge in [0.25, 0.3) is 0 Å². The Balaban J connectivity index is 1.51. The van der Waals surface area contributed by atoms with Gasteiger partial charge in [0.15, 0.2) is 0 Å². The zero-order chi connectivity index (χ0) is 24.5. The number of nitrogens with zero attached hydrogens (tertiary/aromatic N) is 6. The number of benzene rings is 1. The van der Waals surface area contributed by atoms with Crippen molar-refractivity contribution < 1.29 is 22.7 Å². The first-order chi connectivity index (χ1) is 16.0. The quantitative estimate of drug-likeness (QED) is 0.604. The zero-order valence-electron chi connectivity index (χ0n) is 18.9. The average Bonchev–Trinajstić information content (AvgIpc) is 3.21. The van der Waals surface area contributed by atoms with Crippen LogP contribution in [0.4, 0.5) is 24.8 Å². The highest BCUT2D eigenvalue weighted by Crippen LogP contribution is 2.29. The van der Waals surface area contributed by atoms with Crippen LogP contribution in [0.2, 0.25) is 0 Å². The maximum atomic E-state index is 12.9. The highest BCUT2D eigenvalue weighted by molar-refractivity contribution is 5.77. The summed E-state index contributed by atoms with van der Waals surface area (Å²) in [6.07, 6.45) is -1.86. The van der Waals surface area contributed by atoms with Crippen molar-refractivity contribution in [1.29, 1.82) is 0 Å². The third-order valence-corrected chi connectivity index (χ3v) is 5.36. The molecular formula is C22H24F3N7O2. The molecule has 12 heteroatoms. The van der Waals surface area contributed by atoms with E-state index in [1.807, 2.05) is 26.8 Å². The Bertz CT molecular complexity index is 1190. The molecule has 1 amide bonds. The van der Waals surface area contributed by atoms with Gasteiger partial charge in [0.1, 0.15) is 17.9 Å². The SMILES string of the molecule is Cc1cc(Nc2nccc(C(F)(F)F)n2)cc(-c2cn(CC(=O)N3CCOCC3(C)C)nn2)c1. The van der Waals surface area contributed by atoms with Crippen LogP contribution < -0.4 is 5.32 Å². The summed E-state index contributed by atoms with van der Waals surface area (Å²) < 4.78 is 45.8. The molecule has 0 aliphatic carbocycles. The largest absolute Gasteiger partial charge is 0.433 e. The number of halogens is 3. The van der Waals surface area contributed by atoms with Crippen molar-refractivity contribution in [1.82, 2.24) is 29.9 Å². The predicted molar refractivity (Wildman–Crippen MR) is 117 cm³/mol. The third-order valence-electron chi connectivity index (χ3n) is 5.36. The minimum Gasteiger partial charge on any atom is -0.377 e. The summed E-state index contributed by atoms with van der Waals surface area (Å²) in [4.78, 5) is 22.0. The number of aryl methyl sites for hydroxylation is 1. The molecule has 1 saturated heterocycles. The number of carbonyl (C=O) groups is 1. The summed E-state index contributed by atoms with van der Waals surface area (Å²) in [6.45, 7) is 7.25. The van der Waals surface area contributed by atoms with Gasteiger partial charge in [-0.2, -0.15) is 13.2 Å². The van der Waals surface area contributed by atoms with E-state index in [0.717, 1.165) is 17.8 Å². The normalized spacial score (nSPS) is 15.9. The van der Waals surface area contributed by atoms with Crippen LogP contribution in [0, 0.1) is 6.92 Å². The zero-order valence-corrected chi connectivity index (χ0v) is 18.9. The van der Waals surface area contributed by atoms with Crippen molar-refractivity contribution in [3.05, 3.63) is 47.9 Å². The lowest BCUT2D eigenvalue weighted by Crippen LogP contribution is -2.56.